The van der Waals surface area contributed by atoms with Gasteiger partial charge in [0.2, 0.25) is 0 Å². The normalized spacial score (nSPS) is 25.4. The molecule has 1 aromatic rings. The van der Waals surface area contributed by atoms with Gasteiger partial charge in [0, 0.05) is 19.3 Å². The molecule has 1 saturated carbocycles. The lowest BCUT2D eigenvalue weighted by Crippen LogP contribution is -2.27. The molecule has 2 atom stereocenters. The third-order valence-electron chi connectivity index (χ3n) is 4.70. The average molecular weight is 273 g/mol. The average Bonchev–Trinajstić information content (AvgIpc) is 3.29. The molecule has 0 aliphatic heterocycles. The number of hydrogen-bond acceptors (Lipinski definition) is 2. The third kappa shape index (κ3) is 3.62. The Morgan fingerprint density at radius 2 is 1.90 bits per heavy atom. The lowest BCUT2D eigenvalue weighted by molar-refractivity contribution is 0.121. The fourth-order valence-electron chi connectivity index (χ4n) is 3.20. The van der Waals surface area contributed by atoms with Crippen molar-refractivity contribution in [1.82, 2.24) is 5.32 Å². The lowest BCUT2D eigenvalue weighted by atomic mass is 9.81. The van der Waals surface area contributed by atoms with Gasteiger partial charge < -0.3 is 10.1 Å². The van der Waals surface area contributed by atoms with Crippen LogP contribution in [0.15, 0.2) is 24.3 Å². The van der Waals surface area contributed by atoms with E-state index in [9.17, 15) is 0 Å². The van der Waals surface area contributed by atoms with Gasteiger partial charge in [-0.2, -0.15) is 0 Å². The standard InChI is InChI=1S/C18H27NO/c1-14-7-10-18(17-6-3-2-5-16(14)17)19-11-4-12-20-13-15-8-9-15/h2-3,5-6,14-15,18-19H,4,7-13H2,1H3. The Bertz CT molecular complexity index is 427. The van der Waals surface area contributed by atoms with E-state index < -0.39 is 0 Å². The van der Waals surface area contributed by atoms with Gasteiger partial charge in [-0.25, -0.2) is 0 Å². The molecule has 2 aliphatic rings. The van der Waals surface area contributed by atoms with Crippen LogP contribution >= 0.6 is 0 Å². The van der Waals surface area contributed by atoms with Crippen LogP contribution in [0, 0.1) is 5.92 Å². The lowest BCUT2D eigenvalue weighted by Gasteiger charge is -2.30. The van der Waals surface area contributed by atoms with Crippen molar-refractivity contribution >= 4 is 0 Å². The molecule has 3 rings (SSSR count). The van der Waals surface area contributed by atoms with E-state index in [4.69, 9.17) is 4.74 Å². The first-order chi connectivity index (χ1) is 9.84. The van der Waals surface area contributed by atoms with Crippen molar-refractivity contribution in [2.24, 2.45) is 5.92 Å². The van der Waals surface area contributed by atoms with Crippen molar-refractivity contribution < 1.29 is 4.74 Å². The molecule has 0 aromatic heterocycles. The molecule has 2 heteroatoms. The van der Waals surface area contributed by atoms with E-state index in [0.717, 1.165) is 32.1 Å². The molecule has 2 unspecified atom stereocenters. The Hall–Kier alpha value is -0.860. The predicted molar refractivity (Wildman–Crippen MR) is 83.0 cm³/mol. The number of benzene rings is 1. The molecule has 0 bridgehead atoms. The summed E-state index contributed by atoms with van der Waals surface area (Å²) in [5, 5.41) is 3.72. The van der Waals surface area contributed by atoms with Crippen LogP contribution in [0.3, 0.4) is 0 Å². The number of nitrogens with one attached hydrogen (secondary N) is 1. The number of rotatable bonds is 7. The highest BCUT2D eigenvalue weighted by Gasteiger charge is 2.23. The van der Waals surface area contributed by atoms with Gasteiger partial charge in [-0.05, 0) is 61.6 Å². The van der Waals surface area contributed by atoms with Gasteiger partial charge in [-0.3, -0.25) is 0 Å². The van der Waals surface area contributed by atoms with Crippen molar-refractivity contribution in [2.75, 3.05) is 19.8 Å². The van der Waals surface area contributed by atoms with E-state index in [1.807, 2.05) is 0 Å². The second kappa shape index (κ2) is 6.73. The highest BCUT2D eigenvalue weighted by atomic mass is 16.5. The van der Waals surface area contributed by atoms with Crippen LogP contribution in [0.1, 0.15) is 62.1 Å². The van der Waals surface area contributed by atoms with Crippen LogP contribution < -0.4 is 5.32 Å². The van der Waals surface area contributed by atoms with Gasteiger partial charge in [0.1, 0.15) is 0 Å². The molecule has 0 radical (unpaired) electrons. The molecule has 1 fully saturated rings. The van der Waals surface area contributed by atoms with Gasteiger partial charge in [0.05, 0.1) is 0 Å². The largest absolute Gasteiger partial charge is 0.381 e. The summed E-state index contributed by atoms with van der Waals surface area (Å²) in [7, 11) is 0. The summed E-state index contributed by atoms with van der Waals surface area (Å²) in [5.74, 6) is 1.60. The van der Waals surface area contributed by atoms with Gasteiger partial charge in [-0.1, -0.05) is 31.2 Å². The van der Waals surface area contributed by atoms with E-state index in [-0.39, 0.29) is 0 Å². The molecule has 0 spiro atoms. The van der Waals surface area contributed by atoms with Crippen LogP contribution in [0.4, 0.5) is 0 Å². The minimum absolute atomic E-state index is 0.547. The van der Waals surface area contributed by atoms with Gasteiger partial charge in [0.25, 0.3) is 0 Å². The SMILES string of the molecule is CC1CCC(NCCCOCC2CC2)c2ccccc21. The molecular weight excluding hydrogens is 246 g/mol. The minimum Gasteiger partial charge on any atom is -0.381 e. The van der Waals surface area contributed by atoms with Crippen LogP contribution in [0.5, 0.6) is 0 Å². The van der Waals surface area contributed by atoms with E-state index in [0.29, 0.717) is 12.0 Å². The van der Waals surface area contributed by atoms with E-state index >= 15 is 0 Å². The fraction of sp³-hybridized carbons (Fsp3) is 0.667. The maximum absolute atomic E-state index is 5.69. The first kappa shape index (κ1) is 14.1. The van der Waals surface area contributed by atoms with Crippen LogP contribution in [-0.4, -0.2) is 19.8 Å². The summed E-state index contributed by atoms with van der Waals surface area (Å²) in [6, 6.07) is 9.48. The van der Waals surface area contributed by atoms with Gasteiger partial charge in [-0.15, -0.1) is 0 Å². The highest BCUT2D eigenvalue weighted by Crippen LogP contribution is 2.36. The zero-order valence-corrected chi connectivity index (χ0v) is 12.6. The molecule has 0 heterocycles. The quantitative estimate of drug-likeness (QED) is 0.757. The maximum Gasteiger partial charge on any atom is 0.0494 e. The van der Waals surface area contributed by atoms with Crippen LogP contribution in [0.2, 0.25) is 0 Å². The van der Waals surface area contributed by atoms with Crippen molar-refractivity contribution in [3.63, 3.8) is 0 Å². The summed E-state index contributed by atoms with van der Waals surface area (Å²) >= 11 is 0. The molecule has 20 heavy (non-hydrogen) atoms. The van der Waals surface area contributed by atoms with Crippen LogP contribution in [0.25, 0.3) is 0 Å². The molecule has 0 saturated heterocycles. The highest BCUT2D eigenvalue weighted by molar-refractivity contribution is 5.34. The first-order valence-corrected chi connectivity index (χ1v) is 8.24. The Kier molecular flexibility index (Phi) is 4.74. The molecule has 110 valence electrons. The summed E-state index contributed by atoms with van der Waals surface area (Å²) < 4.78 is 5.69. The predicted octanol–water partition coefficient (Wildman–Crippen LogP) is 4.03. The smallest absolute Gasteiger partial charge is 0.0494 e. The Morgan fingerprint density at radius 1 is 1.10 bits per heavy atom. The number of hydrogen-bond donors (Lipinski definition) is 1. The van der Waals surface area contributed by atoms with Crippen LogP contribution in [-0.2, 0) is 4.74 Å². The minimum atomic E-state index is 0.547. The van der Waals surface area contributed by atoms with Gasteiger partial charge >= 0.3 is 0 Å². The summed E-state index contributed by atoms with van der Waals surface area (Å²) in [6.45, 7) is 5.32. The Balaban J connectivity index is 1.42. The van der Waals surface area contributed by atoms with Crippen molar-refractivity contribution in [2.45, 2.75) is 51.0 Å². The molecule has 1 N–H and O–H groups in total. The number of fused-ring (bicyclic) bond motifs is 1. The fourth-order valence-corrected chi connectivity index (χ4v) is 3.20. The zero-order chi connectivity index (χ0) is 13.8. The topological polar surface area (TPSA) is 21.3 Å². The molecular formula is C18H27NO. The van der Waals surface area contributed by atoms with E-state index in [1.54, 1.807) is 5.56 Å². The second-order valence-corrected chi connectivity index (χ2v) is 6.49. The molecule has 1 aromatic carbocycles. The third-order valence-corrected chi connectivity index (χ3v) is 4.70. The van der Waals surface area contributed by atoms with Gasteiger partial charge in [0.15, 0.2) is 0 Å². The first-order valence-electron chi connectivity index (χ1n) is 8.24. The van der Waals surface area contributed by atoms with Crippen molar-refractivity contribution in [3.05, 3.63) is 35.4 Å². The molecule has 2 aliphatic carbocycles. The van der Waals surface area contributed by atoms with E-state index in [2.05, 4.69) is 36.5 Å². The Morgan fingerprint density at radius 3 is 2.70 bits per heavy atom. The monoisotopic (exact) mass is 273 g/mol. The van der Waals surface area contributed by atoms with Crippen molar-refractivity contribution in [3.8, 4) is 0 Å². The second-order valence-electron chi connectivity index (χ2n) is 6.49. The molecule has 2 nitrogen and oxygen atoms in total. The maximum atomic E-state index is 5.69. The summed E-state index contributed by atoms with van der Waals surface area (Å²) in [6.07, 6.45) is 6.46. The summed E-state index contributed by atoms with van der Waals surface area (Å²) in [5.41, 5.74) is 3.06. The Labute approximate surface area is 122 Å². The zero-order valence-electron chi connectivity index (χ0n) is 12.6. The summed E-state index contributed by atoms with van der Waals surface area (Å²) in [4.78, 5) is 0. The molecule has 0 amide bonds. The van der Waals surface area contributed by atoms with Crippen molar-refractivity contribution in [1.29, 1.82) is 0 Å². The number of ether oxygens (including phenoxy) is 1. The van der Waals surface area contributed by atoms with E-state index in [1.165, 1.54) is 31.2 Å².